The van der Waals surface area contributed by atoms with Crippen molar-refractivity contribution in [3.63, 3.8) is 0 Å². The van der Waals surface area contributed by atoms with E-state index in [2.05, 4.69) is 42.5 Å². The minimum absolute atomic E-state index is 0.348. The van der Waals surface area contributed by atoms with Crippen molar-refractivity contribution in [1.29, 1.82) is 0 Å². The van der Waals surface area contributed by atoms with E-state index >= 15 is 0 Å². The molecule has 1 N–H and O–H groups in total. The lowest BCUT2D eigenvalue weighted by Crippen LogP contribution is -2.55. The maximum absolute atomic E-state index is 4.39. The van der Waals surface area contributed by atoms with Gasteiger partial charge in [-0.25, -0.2) is 0 Å². The fourth-order valence-corrected chi connectivity index (χ4v) is 4.66. The van der Waals surface area contributed by atoms with Crippen LogP contribution >= 0.6 is 0 Å². The molecule has 0 unspecified atom stereocenters. The molecule has 0 bridgehead atoms. The van der Waals surface area contributed by atoms with Gasteiger partial charge in [-0.3, -0.25) is 4.98 Å². The zero-order chi connectivity index (χ0) is 14.8. The Morgan fingerprint density at radius 1 is 1.19 bits per heavy atom. The first-order chi connectivity index (χ1) is 10.2. The Kier molecular flexibility index (Phi) is 4.35. The summed E-state index contributed by atoms with van der Waals surface area (Å²) in [5.74, 6) is 0. The van der Waals surface area contributed by atoms with Crippen LogP contribution in [0.2, 0.25) is 0 Å². The number of hydrogen-bond donors (Lipinski definition) is 1. The van der Waals surface area contributed by atoms with Crippen molar-refractivity contribution < 1.29 is 0 Å². The van der Waals surface area contributed by atoms with Crippen LogP contribution in [0.15, 0.2) is 24.5 Å². The second-order valence-electron chi connectivity index (χ2n) is 7.53. The standard InChI is InChI=1S/C19H30N2/c1-3-9-18(10-4-2)13-19(14-18,15-21-17-7-8-17)16-6-5-11-20-12-16/h5-6,11-12,17,21H,3-4,7-10,13-15H2,1-2H3. The summed E-state index contributed by atoms with van der Waals surface area (Å²) in [4.78, 5) is 4.39. The van der Waals surface area contributed by atoms with Gasteiger partial charge in [0.05, 0.1) is 0 Å². The molecule has 0 spiro atoms. The van der Waals surface area contributed by atoms with Crippen LogP contribution in [0.5, 0.6) is 0 Å². The molecule has 1 aromatic heterocycles. The number of nitrogens with zero attached hydrogens (tertiary/aromatic N) is 1. The van der Waals surface area contributed by atoms with Crippen molar-refractivity contribution in [2.75, 3.05) is 6.54 Å². The van der Waals surface area contributed by atoms with E-state index in [0.717, 1.165) is 12.6 Å². The van der Waals surface area contributed by atoms with Crippen LogP contribution < -0.4 is 5.32 Å². The highest BCUT2D eigenvalue weighted by molar-refractivity contribution is 5.29. The number of pyridine rings is 1. The maximum atomic E-state index is 4.39. The molecule has 0 radical (unpaired) electrons. The Balaban J connectivity index is 1.75. The van der Waals surface area contributed by atoms with Crippen LogP contribution in [0.25, 0.3) is 0 Å². The summed E-state index contributed by atoms with van der Waals surface area (Å²) < 4.78 is 0. The average molecular weight is 286 g/mol. The van der Waals surface area contributed by atoms with Crippen molar-refractivity contribution in [3.05, 3.63) is 30.1 Å². The van der Waals surface area contributed by atoms with E-state index in [-0.39, 0.29) is 0 Å². The van der Waals surface area contributed by atoms with Crippen molar-refractivity contribution in [3.8, 4) is 0 Å². The smallest absolute Gasteiger partial charge is 0.0306 e. The molecular formula is C19H30N2. The molecule has 2 saturated carbocycles. The topological polar surface area (TPSA) is 24.9 Å². The Morgan fingerprint density at radius 3 is 2.43 bits per heavy atom. The molecule has 0 aromatic carbocycles. The monoisotopic (exact) mass is 286 g/mol. The van der Waals surface area contributed by atoms with Gasteiger partial charge < -0.3 is 5.32 Å². The van der Waals surface area contributed by atoms with Crippen LogP contribution in [-0.4, -0.2) is 17.6 Å². The lowest BCUT2D eigenvalue weighted by molar-refractivity contribution is 0.00245. The Labute approximate surface area is 129 Å². The minimum Gasteiger partial charge on any atom is -0.313 e. The van der Waals surface area contributed by atoms with Crippen LogP contribution in [0.4, 0.5) is 0 Å². The zero-order valence-electron chi connectivity index (χ0n) is 13.7. The van der Waals surface area contributed by atoms with Crippen LogP contribution in [0, 0.1) is 5.41 Å². The predicted molar refractivity (Wildman–Crippen MR) is 88.4 cm³/mol. The quantitative estimate of drug-likeness (QED) is 0.763. The van der Waals surface area contributed by atoms with E-state index in [1.54, 1.807) is 0 Å². The molecule has 0 atom stereocenters. The van der Waals surface area contributed by atoms with Gasteiger partial charge in [0.1, 0.15) is 0 Å². The molecule has 2 nitrogen and oxygen atoms in total. The second-order valence-corrected chi connectivity index (χ2v) is 7.53. The largest absolute Gasteiger partial charge is 0.313 e. The number of hydrogen-bond acceptors (Lipinski definition) is 2. The SMILES string of the molecule is CCCC1(CCC)CC(CNC2CC2)(c2cccnc2)C1. The highest BCUT2D eigenvalue weighted by Gasteiger charge is 2.54. The summed E-state index contributed by atoms with van der Waals surface area (Å²) in [5.41, 5.74) is 2.41. The molecule has 2 aliphatic carbocycles. The van der Waals surface area contributed by atoms with Gasteiger partial charge in [-0.15, -0.1) is 0 Å². The Hall–Kier alpha value is -0.890. The molecule has 1 heterocycles. The van der Waals surface area contributed by atoms with E-state index < -0.39 is 0 Å². The highest BCUT2D eigenvalue weighted by atomic mass is 15.0. The summed E-state index contributed by atoms with van der Waals surface area (Å²) in [6.07, 6.45) is 14.9. The van der Waals surface area contributed by atoms with Gasteiger partial charge in [0, 0.05) is 30.4 Å². The van der Waals surface area contributed by atoms with Crippen LogP contribution in [0.3, 0.4) is 0 Å². The summed E-state index contributed by atoms with van der Waals surface area (Å²) in [6, 6.07) is 5.20. The lowest BCUT2D eigenvalue weighted by Gasteiger charge is -2.57. The molecule has 116 valence electrons. The van der Waals surface area contributed by atoms with Crippen molar-refractivity contribution >= 4 is 0 Å². The molecule has 2 fully saturated rings. The van der Waals surface area contributed by atoms with Crippen molar-refractivity contribution in [2.45, 2.75) is 76.7 Å². The molecule has 3 rings (SSSR count). The van der Waals surface area contributed by atoms with E-state index in [9.17, 15) is 0 Å². The minimum atomic E-state index is 0.348. The zero-order valence-corrected chi connectivity index (χ0v) is 13.7. The molecule has 2 aliphatic rings. The molecule has 0 aliphatic heterocycles. The van der Waals surface area contributed by atoms with E-state index in [1.807, 2.05) is 6.20 Å². The fourth-order valence-electron chi connectivity index (χ4n) is 4.66. The first-order valence-corrected chi connectivity index (χ1v) is 8.86. The highest BCUT2D eigenvalue weighted by Crippen LogP contribution is 2.60. The third kappa shape index (κ3) is 3.15. The summed E-state index contributed by atoms with van der Waals surface area (Å²) >= 11 is 0. The normalized spacial score (nSPS) is 22.8. The molecule has 21 heavy (non-hydrogen) atoms. The van der Waals surface area contributed by atoms with E-state index in [1.165, 1.54) is 56.9 Å². The summed E-state index contributed by atoms with van der Waals surface area (Å²) in [6.45, 7) is 5.83. The second kappa shape index (κ2) is 6.08. The molecular weight excluding hydrogens is 256 g/mol. The van der Waals surface area contributed by atoms with Gasteiger partial charge in [0.25, 0.3) is 0 Å². The molecule has 0 amide bonds. The third-order valence-corrected chi connectivity index (χ3v) is 5.57. The van der Waals surface area contributed by atoms with E-state index in [0.29, 0.717) is 10.8 Å². The summed E-state index contributed by atoms with van der Waals surface area (Å²) in [7, 11) is 0. The van der Waals surface area contributed by atoms with Crippen molar-refractivity contribution in [2.24, 2.45) is 5.41 Å². The van der Waals surface area contributed by atoms with Crippen molar-refractivity contribution in [1.82, 2.24) is 10.3 Å². The van der Waals surface area contributed by atoms with Crippen LogP contribution in [-0.2, 0) is 5.41 Å². The number of aromatic nitrogens is 1. The molecule has 0 saturated heterocycles. The third-order valence-electron chi connectivity index (χ3n) is 5.57. The summed E-state index contributed by atoms with van der Waals surface area (Å²) in [5, 5.41) is 3.79. The van der Waals surface area contributed by atoms with Gasteiger partial charge in [-0.05, 0) is 55.6 Å². The lowest BCUT2D eigenvalue weighted by atomic mass is 9.48. The number of rotatable bonds is 8. The van der Waals surface area contributed by atoms with Gasteiger partial charge in [0.2, 0.25) is 0 Å². The predicted octanol–water partition coefficient (Wildman–Crippen LogP) is 4.45. The van der Waals surface area contributed by atoms with Gasteiger partial charge in [0.15, 0.2) is 0 Å². The number of nitrogens with one attached hydrogen (secondary N) is 1. The fraction of sp³-hybridized carbons (Fsp3) is 0.737. The first kappa shape index (κ1) is 15.0. The van der Waals surface area contributed by atoms with Gasteiger partial charge >= 0.3 is 0 Å². The average Bonchev–Trinajstić information content (AvgIpc) is 3.28. The van der Waals surface area contributed by atoms with E-state index in [4.69, 9.17) is 0 Å². The maximum Gasteiger partial charge on any atom is 0.0306 e. The Bertz CT molecular complexity index is 436. The Morgan fingerprint density at radius 2 is 1.90 bits per heavy atom. The first-order valence-electron chi connectivity index (χ1n) is 8.86. The van der Waals surface area contributed by atoms with Gasteiger partial charge in [-0.2, -0.15) is 0 Å². The molecule has 2 heteroatoms. The van der Waals surface area contributed by atoms with Crippen LogP contribution in [0.1, 0.15) is 70.8 Å². The van der Waals surface area contributed by atoms with Gasteiger partial charge in [-0.1, -0.05) is 32.8 Å². The molecule has 1 aromatic rings.